The molecule has 2 aromatic carbocycles. The number of rotatable bonds is 7. The summed E-state index contributed by atoms with van der Waals surface area (Å²) in [6.45, 7) is 4.43. The van der Waals surface area contributed by atoms with Crippen molar-refractivity contribution >= 4 is 73.2 Å². The van der Waals surface area contributed by atoms with Gasteiger partial charge in [0.25, 0.3) is 0 Å². The summed E-state index contributed by atoms with van der Waals surface area (Å²) in [7, 11) is 1.48. The number of aryl methyl sites for hydroxylation is 1. The SMILES string of the molecule is COc1cc(C=NNc2nc(Nc3cc(Cl)c(C)cc3Br)nc(N3CCOCC3)n2)cc(Br)c1O. The highest BCUT2D eigenvalue weighted by molar-refractivity contribution is 9.11. The molecule has 184 valence electrons. The van der Waals surface area contributed by atoms with E-state index < -0.39 is 0 Å². The predicted octanol–water partition coefficient (Wildman–Crippen LogP) is 5.10. The van der Waals surface area contributed by atoms with Gasteiger partial charge in [0.05, 0.1) is 36.7 Å². The molecule has 1 fully saturated rings. The van der Waals surface area contributed by atoms with Gasteiger partial charge in [-0.25, -0.2) is 5.43 Å². The van der Waals surface area contributed by atoms with Crippen molar-refractivity contribution in [1.29, 1.82) is 0 Å². The van der Waals surface area contributed by atoms with Gasteiger partial charge in [-0.1, -0.05) is 11.6 Å². The molecule has 0 unspecified atom stereocenters. The van der Waals surface area contributed by atoms with Crippen LogP contribution in [0.5, 0.6) is 11.5 Å². The summed E-state index contributed by atoms with van der Waals surface area (Å²) in [6, 6.07) is 7.09. The highest BCUT2D eigenvalue weighted by Gasteiger charge is 2.17. The van der Waals surface area contributed by atoms with Crippen molar-refractivity contribution in [3.05, 3.63) is 49.4 Å². The van der Waals surface area contributed by atoms with Crippen LogP contribution in [0.1, 0.15) is 11.1 Å². The van der Waals surface area contributed by atoms with E-state index in [-0.39, 0.29) is 11.7 Å². The van der Waals surface area contributed by atoms with Crippen molar-refractivity contribution < 1.29 is 14.6 Å². The van der Waals surface area contributed by atoms with Crippen molar-refractivity contribution in [2.75, 3.05) is 49.1 Å². The number of hydrogen-bond acceptors (Lipinski definition) is 10. The van der Waals surface area contributed by atoms with E-state index >= 15 is 0 Å². The lowest BCUT2D eigenvalue weighted by molar-refractivity contribution is 0.122. The first-order valence-electron chi connectivity index (χ1n) is 10.5. The van der Waals surface area contributed by atoms with Gasteiger partial charge in [-0.05, 0) is 74.2 Å². The molecule has 0 atom stereocenters. The maximum atomic E-state index is 9.99. The van der Waals surface area contributed by atoms with E-state index in [4.69, 9.17) is 21.1 Å². The quantitative estimate of drug-likeness (QED) is 0.243. The number of ether oxygens (including phenoxy) is 2. The molecule has 0 spiro atoms. The number of nitrogens with zero attached hydrogens (tertiary/aromatic N) is 5. The molecule has 10 nitrogen and oxygen atoms in total. The van der Waals surface area contributed by atoms with Crippen LogP contribution < -0.4 is 20.4 Å². The molecule has 13 heteroatoms. The number of methoxy groups -OCH3 is 1. The number of aromatic hydroxyl groups is 1. The first kappa shape index (κ1) is 25.4. The number of benzene rings is 2. The summed E-state index contributed by atoms with van der Waals surface area (Å²) in [5, 5.41) is 18.1. The summed E-state index contributed by atoms with van der Waals surface area (Å²) in [5.74, 6) is 1.41. The van der Waals surface area contributed by atoms with Crippen molar-refractivity contribution in [2.24, 2.45) is 5.10 Å². The molecule has 1 aliphatic heterocycles. The molecular formula is C22H22Br2ClN7O3. The van der Waals surface area contributed by atoms with Gasteiger partial charge in [-0.15, -0.1) is 0 Å². The van der Waals surface area contributed by atoms with Crippen molar-refractivity contribution in [2.45, 2.75) is 6.92 Å². The largest absolute Gasteiger partial charge is 0.503 e. The van der Waals surface area contributed by atoms with E-state index in [9.17, 15) is 5.11 Å². The molecule has 0 aliphatic carbocycles. The fraction of sp³-hybridized carbons (Fsp3) is 0.273. The molecular weight excluding hydrogens is 606 g/mol. The van der Waals surface area contributed by atoms with Crippen LogP contribution in [0.4, 0.5) is 23.5 Å². The third-order valence-electron chi connectivity index (χ3n) is 5.06. The number of anilines is 4. The topological polar surface area (TPSA) is 117 Å². The Morgan fingerprint density at radius 3 is 2.60 bits per heavy atom. The average molecular weight is 628 g/mol. The average Bonchev–Trinajstić information content (AvgIpc) is 2.85. The van der Waals surface area contributed by atoms with Gasteiger partial charge >= 0.3 is 0 Å². The fourth-order valence-electron chi connectivity index (χ4n) is 3.23. The lowest BCUT2D eigenvalue weighted by Crippen LogP contribution is -2.37. The van der Waals surface area contributed by atoms with Crippen LogP contribution in [0.2, 0.25) is 5.02 Å². The molecule has 1 saturated heterocycles. The molecule has 3 aromatic rings. The van der Waals surface area contributed by atoms with E-state index in [0.717, 1.165) is 15.7 Å². The zero-order valence-corrected chi connectivity index (χ0v) is 22.8. The number of phenolic OH excluding ortho intramolecular Hbond substituents is 1. The summed E-state index contributed by atoms with van der Waals surface area (Å²) in [4.78, 5) is 15.6. The Labute approximate surface area is 224 Å². The fourth-order valence-corrected chi connectivity index (χ4v) is 4.41. The monoisotopic (exact) mass is 625 g/mol. The maximum Gasteiger partial charge on any atom is 0.250 e. The molecule has 0 bridgehead atoms. The van der Waals surface area contributed by atoms with Crippen LogP contribution in [-0.2, 0) is 4.74 Å². The van der Waals surface area contributed by atoms with Gasteiger partial charge in [-0.2, -0.15) is 20.1 Å². The number of halogens is 3. The van der Waals surface area contributed by atoms with Crippen molar-refractivity contribution in [3.8, 4) is 11.5 Å². The molecule has 0 saturated carbocycles. The molecule has 4 rings (SSSR count). The van der Waals surface area contributed by atoms with Gasteiger partial charge in [0.2, 0.25) is 17.8 Å². The Hall–Kier alpha value is -2.67. The first-order valence-corrected chi connectivity index (χ1v) is 12.5. The second kappa shape index (κ2) is 11.4. The standard InChI is InChI=1S/C22H22Br2ClN7O3/c1-12-7-14(23)17(10-16(12)25)27-20-28-21(30-22(29-20)32-3-5-35-6-4-32)31-26-11-13-8-15(24)19(33)18(9-13)34-2/h7-11,33H,3-6H2,1-2H3,(H2,27,28,29,30,31). The number of nitrogens with one attached hydrogen (secondary N) is 2. The van der Waals surface area contributed by atoms with E-state index in [2.05, 4.69) is 62.7 Å². The van der Waals surface area contributed by atoms with Crippen LogP contribution in [-0.4, -0.2) is 59.7 Å². The van der Waals surface area contributed by atoms with Crippen LogP contribution in [0.3, 0.4) is 0 Å². The number of aromatic nitrogens is 3. The molecule has 3 N–H and O–H groups in total. The molecule has 1 aliphatic rings. The molecule has 0 amide bonds. The lowest BCUT2D eigenvalue weighted by Gasteiger charge is -2.27. The number of phenols is 1. The number of morpholine rings is 1. The summed E-state index contributed by atoms with van der Waals surface area (Å²) in [5.41, 5.74) is 5.22. The molecule has 2 heterocycles. The van der Waals surface area contributed by atoms with E-state index in [1.54, 1.807) is 24.4 Å². The first-order chi connectivity index (χ1) is 16.8. The van der Waals surface area contributed by atoms with Crippen molar-refractivity contribution in [3.63, 3.8) is 0 Å². The minimum atomic E-state index is 0.0170. The third-order valence-corrected chi connectivity index (χ3v) is 6.73. The van der Waals surface area contributed by atoms with Gasteiger partial charge < -0.3 is 24.8 Å². The van der Waals surface area contributed by atoms with Gasteiger partial charge in [0, 0.05) is 22.6 Å². The second-order valence-electron chi connectivity index (χ2n) is 7.51. The zero-order chi connectivity index (χ0) is 24.9. The Kier molecular flexibility index (Phi) is 8.26. The Bertz CT molecular complexity index is 1260. The van der Waals surface area contributed by atoms with Gasteiger partial charge in [-0.3, -0.25) is 0 Å². The van der Waals surface area contributed by atoms with E-state index in [1.807, 2.05) is 17.9 Å². The van der Waals surface area contributed by atoms with Crippen molar-refractivity contribution in [1.82, 2.24) is 15.0 Å². The smallest absolute Gasteiger partial charge is 0.250 e. The summed E-state index contributed by atoms with van der Waals surface area (Å²) >= 11 is 13.2. The predicted molar refractivity (Wildman–Crippen MR) is 144 cm³/mol. The molecule has 35 heavy (non-hydrogen) atoms. The van der Waals surface area contributed by atoms with Crippen LogP contribution in [0.25, 0.3) is 0 Å². The van der Waals surface area contributed by atoms with Gasteiger partial charge in [0.15, 0.2) is 11.5 Å². The highest BCUT2D eigenvalue weighted by atomic mass is 79.9. The second-order valence-corrected chi connectivity index (χ2v) is 9.63. The lowest BCUT2D eigenvalue weighted by atomic mass is 10.2. The normalized spacial score (nSPS) is 13.8. The zero-order valence-electron chi connectivity index (χ0n) is 18.8. The molecule has 0 radical (unpaired) electrons. The number of hydrazone groups is 1. The maximum absolute atomic E-state index is 9.99. The van der Waals surface area contributed by atoms with Crippen LogP contribution in [0, 0.1) is 6.92 Å². The summed E-state index contributed by atoms with van der Waals surface area (Å²) < 4.78 is 11.9. The van der Waals surface area contributed by atoms with E-state index in [1.165, 1.54) is 7.11 Å². The minimum Gasteiger partial charge on any atom is -0.503 e. The Balaban J connectivity index is 1.61. The third kappa shape index (κ3) is 6.31. The number of hydrogen-bond donors (Lipinski definition) is 3. The van der Waals surface area contributed by atoms with Gasteiger partial charge in [0.1, 0.15) is 0 Å². The van der Waals surface area contributed by atoms with Crippen LogP contribution in [0.15, 0.2) is 38.3 Å². The molecule has 1 aromatic heterocycles. The summed E-state index contributed by atoms with van der Waals surface area (Å²) in [6.07, 6.45) is 1.56. The van der Waals surface area contributed by atoms with Crippen LogP contribution >= 0.6 is 43.5 Å². The van der Waals surface area contributed by atoms with E-state index in [0.29, 0.717) is 59.0 Å². The highest BCUT2D eigenvalue weighted by Crippen LogP contribution is 2.35. The Morgan fingerprint density at radius 1 is 1.11 bits per heavy atom. The Morgan fingerprint density at radius 2 is 1.86 bits per heavy atom. The minimum absolute atomic E-state index is 0.0170.